The number of nitrogens with zero attached hydrogens (tertiary/aromatic N) is 3. The van der Waals surface area contributed by atoms with Gasteiger partial charge in [-0.3, -0.25) is 0 Å². The maximum absolute atomic E-state index is 12.3. The van der Waals surface area contributed by atoms with Crippen molar-refractivity contribution in [2.24, 2.45) is 7.05 Å². The molecule has 0 radical (unpaired) electrons. The fourth-order valence-electron chi connectivity index (χ4n) is 1.72. The van der Waals surface area contributed by atoms with Crippen molar-refractivity contribution in [3.05, 3.63) is 22.9 Å². The third-order valence-electron chi connectivity index (χ3n) is 2.62. The second-order valence-corrected chi connectivity index (χ2v) is 6.55. The molecule has 0 amide bonds. The number of nitrogens with one attached hydrogen (secondary N) is 1. The first kappa shape index (κ1) is 14.0. The molecular weight excluding hydrogens is 286 g/mol. The summed E-state index contributed by atoms with van der Waals surface area (Å²) in [5.41, 5.74) is 5.60. The highest BCUT2D eigenvalue weighted by molar-refractivity contribution is 7.89. The van der Waals surface area contributed by atoms with E-state index >= 15 is 0 Å². The maximum atomic E-state index is 12.3. The molecule has 1 atom stereocenters. The predicted octanol–water partition coefficient (Wildman–Crippen LogP) is 0.888. The minimum Gasteiger partial charge on any atom is -0.381 e. The molecule has 0 saturated heterocycles. The molecule has 0 aliphatic carbocycles. The van der Waals surface area contributed by atoms with E-state index in [2.05, 4.69) is 14.7 Å². The van der Waals surface area contributed by atoms with Crippen LogP contribution in [-0.4, -0.2) is 23.0 Å². The van der Waals surface area contributed by atoms with E-state index in [1.54, 1.807) is 13.2 Å². The minimum atomic E-state index is -3.72. The lowest BCUT2D eigenvalue weighted by atomic mass is 10.3. The second kappa shape index (κ2) is 5.27. The Hall–Kier alpha value is -1.45. The van der Waals surface area contributed by atoms with E-state index in [0.717, 1.165) is 5.01 Å². The fraction of sp³-hybridized carbons (Fsp3) is 0.400. The molecule has 1 unspecified atom stereocenters. The summed E-state index contributed by atoms with van der Waals surface area (Å²) in [6.07, 6.45) is 3.62. The maximum Gasteiger partial charge on any atom is 0.260 e. The van der Waals surface area contributed by atoms with Gasteiger partial charge in [-0.05, 0) is 6.42 Å². The molecule has 9 heteroatoms. The van der Waals surface area contributed by atoms with Gasteiger partial charge in [0.1, 0.15) is 5.01 Å². The van der Waals surface area contributed by atoms with Gasteiger partial charge in [-0.2, -0.15) is 4.72 Å². The molecule has 0 saturated carbocycles. The van der Waals surface area contributed by atoms with E-state index < -0.39 is 10.0 Å². The Bertz CT molecular complexity index is 628. The van der Waals surface area contributed by atoms with Crippen molar-refractivity contribution in [2.45, 2.75) is 24.4 Å². The zero-order valence-electron chi connectivity index (χ0n) is 10.6. The molecule has 7 nitrogen and oxygen atoms in total. The highest BCUT2D eigenvalue weighted by Gasteiger charge is 2.26. The average molecular weight is 301 g/mol. The molecule has 104 valence electrons. The van der Waals surface area contributed by atoms with Crippen LogP contribution in [0.15, 0.2) is 22.9 Å². The van der Waals surface area contributed by atoms with Gasteiger partial charge in [0, 0.05) is 18.6 Å². The summed E-state index contributed by atoms with van der Waals surface area (Å²) >= 11 is 1.41. The summed E-state index contributed by atoms with van der Waals surface area (Å²) in [5.74, 6) is -0.0102. The van der Waals surface area contributed by atoms with Crippen molar-refractivity contribution < 1.29 is 8.42 Å². The number of hydrogen-bond donors (Lipinski definition) is 2. The first-order valence-corrected chi connectivity index (χ1v) is 8.00. The monoisotopic (exact) mass is 301 g/mol. The summed E-state index contributed by atoms with van der Waals surface area (Å²) < 4.78 is 28.6. The third-order valence-corrected chi connectivity index (χ3v) is 5.11. The van der Waals surface area contributed by atoms with Crippen LogP contribution < -0.4 is 10.5 Å². The van der Waals surface area contributed by atoms with Crippen LogP contribution in [-0.2, 0) is 17.1 Å². The minimum absolute atomic E-state index is 0.0102. The van der Waals surface area contributed by atoms with Crippen molar-refractivity contribution in [3.8, 4) is 0 Å². The quantitative estimate of drug-likeness (QED) is 0.853. The molecule has 19 heavy (non-hydrogen) atoms. The van der Waals surface area contributed by atoms with Crippen LogP contribution in [0.3, 0.4) is 0 Å². The summed E-state index contributed by atoms with van der Waals surface area (Å²) in [6.45, 7) is 1.89. The molecule has 0 aliphatic heterocycles. The van der Waals surface area contributed by atoms with Gasteiger partial charge in [0.05, 0.1) is 12.4 Å². The first-order chi connectivity index (χ1) is 8.95. The summed E-state index contributed by atoms with van der Waals surface area (Å²) in [5, 5.41) is 2.51. The van der Waals surface area contributed by atoms with Crippen LogP contribution >= 0.6 is 11.3 Å². The summed E-state index contributed by atoms with van der Waals surface area (Å²) in [7, 11) is -2.14. The van der Waals surface area contributed by atoms with E-state index in [4.69, 9.17) is 5.73 Å². The number of nitrogens with two attached hydrogens (primary N) is 1. The van der Waals surface area contributed by atoms with Crippen LogP contribution in [0.4, 0.5) is 5.82 Å². The van der Waals surface area contributed by atoms with Gasteiger partial charge in [-0.1, -0.05) is 6.92 Å². The first-order valence-electron chi connectivity index (χ1n) is 5.64. The number of nitrogen functional groups attached to an aromatic ring is 1. The Morgan fingerprint density at radius 2 is 2.26 bits per heavy atom. The number of rotatable bonds is 5. The van der Waals surface area contributed by atoms with Crippen molar-refractivity contribution in [1.29, 1.82) is 0 Å². The zero-order chi connectivity index (χ0) is 14.0. The van der Waals surface area contributed by atoms with Crippen LogP contribution in [0.1, 0.15) is 24.4 Å². The van der Waals surface area contributed by atoms with Crippen LogP contribution in [0.5, 0.6) is 0 Å². The molecule has 2 heterocycles. The van der Waals surface area contributed by atoms with Gasteiger partial charge in [0.25, 0.3) is 10.0 Å². The Kier molecular flexibility index (Phi) is 3.88. The molecule has 2 aromatic rings. The number of aromatic nitrogens is 3. The molecule has 0 fully saturated rings. The topological polar surface area (TPSA) is 103 Å². The number of aryl methyl sites for hydroxylation is 1. The van der Waals surface area contributed by atoms with Gasteiger partial charge in [-0.15, -0.1) is 11.3 Å². The molecule has 3 N–H and O–H groups in total. The molecule has 0 bridgehead atoms. The van der Waals surface area contributed by atoms with E-state index in [9.17, 15) is 8.42 Å². The zero-order valence-corrected chi connectivity index (χ0v) is 12.2. The van der Waals surface area contributed by atoms with E-state index in [1.165, 1.54) is 22.2 Å². The molecule has 2 rings (SSSR count). The lowest BCUT2D eigenvalue weighted by Gasteiger charge is -2.15. The smallest absolute Gasteiger partial charge is 0.260 e. The SMILES string of the molecule is CCC(NS(=O)(=O)c1c(N)ncn1C)c1nccs1. The van der Waals surface area contributed by atoms with Crippen LogP contribution in [0.2, 0.25) is 0 Å². The number of sulfonamides is 1. The van der Waals surface area contributed by atoms with Gasteiger partial charge < -0.3 is 10.3 Å². The third kappa shape index (κ3) is 2.77. The van der Waals surface area contributed by atoms with Gasteiger partial charge >= 0.3 is 0 Å². The Morgan fingerprint density at radius 1 is 1.53 bits per heavy atom. The largest absolute Gasteiger partial charge is 0.381 e. The van der Waals surface area contributed by atoms with Crippen molar-refractivity contribution in [2.75, 3.05) is 5.73 Å². The van der Waals surface area contributed by atoms with Crippen LogP contribution in [0.25, 0.3) is 0 Å². The van der Waals surface area contributed by atoms with E-state index in [1.807, 2.05) is 12.3 Å². The Balaban J connectivity index is 2.31. The van der Waals surface area contributed by atoms with E-state index in [0.29, 0.717) is 6.42 Å². The van der Waals surface area contributed by atoms with Crippen LogP contribution in [0, 0.1) is 0 Å². The van der Waals surface area contributed by atoms with Gasteiger partial charge in [-0.25, -0.2) is 18.4 Å². The summed E-state index contributed by atoms with van der Waals surface area (Å²) in [6, 6.07) is -0.362. The van der Waals surface area contributed by atoms with Gasteiger partial charge in [0.15, 0.2) is 10.8 Å². The number of imidazole rings is 1. The average Bonchev–Trinajstić information content (AvgIpc) is 2.96. The molecule has 2 aromatic heterocycles. The van der Waals surface area contributed by atoms with Gasteiger partial charge in [0.2, 0.25) is 0 Å². The lowest BCUT2D eigenvalue weighted by Crippen LogP contribution is -2.30. The fourth-order valence-corrected chi connectivity index (χ4v) is 4.09. The number of anilines is 1. The number of hydrogen-bond acceptors (Lipinski definition) is 6. The van der Waals surface area contributed by atoms with Crippen molar-refractivity contribution >= 4 is 27.2 Å². The molecular formula is C10H15N5O2S2. The summed E-state index contributed by atoms with van der Waals surface area (Å²) in [4.78, 5) is 7.92. The lowest BCUT2D eigenvalue weighted by molar-refractivity contribution is 0.541. The highest BCUT2D eigenvalue weighted by Crippen LogP contribution is 2.23. The Labute approximate surface area is 115 Å². The van der Waals surface area contributed by atoms with E-state index in [-0.39, 0.29) is 16.9 Å². The molecule has 0 spiro atoms. The Morgan fingerprint density at radius 3 is 2.74 bits per heavy atom. The second-order valence-electron chi connectivity index (χ2n) is 4.00. The predicted molar refractivity (Wildman–Crippen MR) is 73.1 cm³/mol. The van der Waals surface area contributed by atoms with Crippen molar-refractivity contribution in [3.63, 3.8) is 0 Å². The standard InChI is InChI=1S/C10H15N5O2S2/c1-3-7(9-12-4-5-18-9)14-19(16,17)10-8(11)13-6-15(10)2/h4-7,14H,3,11H2,1-2H3. The molecule has 0 aliphatic rings. The normalized spacial score (nSPS) is 13.6. The molecule has 0 aromatic carbocycles. The number of thiazole rings is 1. The highest BCUT2D eigenvalue weighted by atomic mass is 32.2. The van der Waals surface area contributed by atoms with Crippen molar-refractivity contribution in [1.82, 2.24) is 19.3 Å².